The molecule has 2 rings (SSSR count). The summed E-state index contributed by atoms with van der Waals surface area (Å²) in [5.74, 6) is 0. The molecule has 0 radical (unpaired) electrons. The summed E-state index contributed by atoms with van der Waals surface area (Å²) in [7, 11) is 0. The van der Waals surface area contributed by atoms with E-state index in [0.29, 0.717) is 10.0 Å². The van der Waals surface area contributed by atoms with E-state index in [1.54, 1.807) is 6.07 Å². The first-order valence-corrected chi connectivity index (χ1v) is 6.20. The van der Waals surface area contributed by atoms with Crippen molar-refractivity contribution in [3.05, 3.63) is 52.3 Å². The fourth-order valence-electron chi connectivity index (χ4n) is 1.84. The highest BCUT2D eigenvalue weighted by Gasteiger charge is 2.07. The van der Waals surface area contributed by atoms with Crippen LogP contribution >= 0.6 is 23.2 Å². The van der Waals surface area contributed by atoms with Gasteiger partial charge in [0.05, 0.1) is 0 Å². The Labute approximate surface area is 111 Å². The van der Waals surface area contributed by atoms with Crippen LogP contribution in [-0.2, 0) is 6.42 Å². The van der Waals surface area contributed by atoms with Gasteiger partial charge in [-0.3, -0.25) is 0 Å². The number of nitrogens with zero attached hydrogens (tertiary/aromatic N) is 1. The molecule has 17 heavy (non-hydrogen) atoms. The maximum atomic E-state index is 6.00. The maximum Gasteiger partial charge on any atom is 0.0481 e. The minimum Gasteiger partial charge on any atom is -0.328 e. The predicted molar refractivity (Wildman–Crippen MR) is 73.1 cm³/mol. The number of benzene rings is 1. The van der Waals surface area contributed by atoms with Gasteiger partial charge >= 0.3 is 0 Å². The molecule has 2 N–H and O–H groups in total. The minimum absolute atomic E-state index is 0.123. The van der Waals surface area contributed by atoms with Crippen molar-refractivity contribution in [1.82, 2.24) is 4.57 Å². The first kappa shape index (κ1) is 12.5. The van der Waals surface area contributed by atoms with Crippen molar-refractivity contribution in [2.75, 3.05) is 0 Å². The Morgan fingerprint density at radius 2 is 1.88 bits per heavy atom. The molecule has 0 aliphatic heterocycles. The van der Waals surface area contributed by atoms with Gasteiger partial charge in [-0.15, -0.1) is 0 Å². The zero-order chi connectivity index (χ0) is 12.4. The molecule has 0 saturated carbocycles. The molecule has 4 heteroatoms. The van der Waals surface area contributed by atoms with Gasteiger partial charge in [0, 0.05) is 40.1 Å². The Morgan fingerprint density at radius 3 is 2.47 bits per heavy atom. The predicted octanol–water partition coefficient (Wildman–Crippen LogP) is 3.67. The lowest BCUT2D eigenvalue weighted by Gasteiger charge is -2.12. The molecule has 0 spiro atoms. The average molecular weight is 269 g/mol. The Bertz CT molecular complexity index is 498. The molecule has 1 heterocycles. The van der Waals surface area contributed by atoms with Crippen molar-refractivity contribution in [3.63, 3.8) is 0 Å². The minimum atomic E-state index is 0.123. The first-order chi connectivity index (χ1) is 8.06. The second-order valence-corrected chi connectivity index (χ2v) is 5.05. The summed E-state index contributed by atoms with van der Waals surface area (Å²) in [6.45, 7) is 1.99. The molecule has 0 saturated heterocycles. The molecule has 1 aromatic carbocycles. The highest BCUT2D eigenvalue weighted by molar-refractivity contribution is 6.34. The van der Waals surface area contributed by atoms with E-state index in [0.717, 1.165) is 17.8 Å². The molecular weight excluding hydrogens is 255 g/mol. The highest BCUT2D eigenvalue weighted by Crippen LogP contribution is 2.23. The van der Waals surface area contributed by atoms with Gasteiger partial charge in [-0.2, -0.15) is 0 Å². The molecule has 0 aliphatic rings. The summed E-state index contributed by atoms with van der Waals surface area (Å²) in [6, 6.07) is 9.67. The molecular formula is C13H14Cl2N2. The summed E-state index contributed by atoms with van der Waals surface area (Å²) in [4.78, 5) is 0. The summed E-state index contributed by atoms with van der Waals surface area (Å²) >= 11 is 12.0. The number of aromatic nitrogens is 1. The fourth-order valence-corrected chi connectivity index (χ4v) is 2.36. The Kier molecular flexibility index (Phi) is 3.77. The average Bonchev–Trinajstić information content (AvgIpc) is 2.63. The van der Waals surface area contributed by atoms with Crippen LogP contribution in [0, 0.1) is 0 Å². The molecule has 1 unspecified atom stereocenters. The van der Waals surface area contributed by atoms with Crippen molar-refractivity contribution in [3.8, 4) is 5.69 Å². The third-order valence-corrected chi connectivity index (χ3v) is 2.93. The largest absolute Gasteiger partial charge is 0.328 e. The van der Waals surface area contributed by atoms with Gasteiger partial charge < -0.3 is 10.3 Å². The highest BCUT2D eigenvalue weighted by atomic mass is 35.5. The van der Waals surface area contributed by atoms with E-state index in [4.69, 9.17) is 28.9 Å². The van der Waals surface area contributed by atoms with Crippen molar-refractivity contribution in [2.45, 2.75) is 19.4 Å². The van der Waals surface area contributed by atoms with Gasteiger partial charge in [-0.1, -0.05) is 23.2 Å². The molecule has 0 bridgehead atoms. The lowest BCUT2D eigenvalue weighted by molar-refractivity contribution is 0.709. The second-order valence-electron chi connectivity index (χ2n) is 4.18. The van der Waals surface area contributed by atoms with Crippen LogP contribution in [0.2, 0.25) is 10.0 Å². The molecule has 2 aromatic rings. The molecule has 90 valence electrons. The van der Waals surface area contributed by atoms with Gasteiger partial charge in [-0.05, 0) is 37.3 Å². The summed E-state index contributed by atoms with van der Waals surface area (Å²) in [5, 5.41) is 1.26. The fraction of sp³-hybridized carbons (Fsp3) is 0.231. The van der Waals surface area contributed by atoms with E-state index in [-0.39, 0.29) is 6.04 Å². The Balaban J connectivity index is 2.42. The van der Waals surface area contributed by atoms with Gasteiger partial charge in [0.15, 0.2) is 0 Å². The first-order valence-electron chi connectivity index (χ1n) is 5.44. The summed E-state index contributed by atoms with van der Waals surface area (Å²) in [6.07, 6.45) is 2.80. The van der Waals surface area contributed by atoms with Crippen molar-refractivity contribution < 1.29 is 0 Å². The maximum absolute atomic E-state index is 6.00. The van der Waals surface area contributed by atoms with Crippen LogP contribution in [0.25, 0.3) is 5.69 Å². The zero-order valence-corrected chi connectivity index (χ0v) is 11.0. The van der Waals surface area contributed by atoms with Crippen molar-refractivity contribution >= 4 is 23.2 Å². The number of hydrogen-bond donors (Lipinski definition) is 1. The Hall–Kier alpha value is -0.960. The summed E-state index contributed by atoms with van der Waals surface area (Å²) in [5.41, 5.74) is 7.94. The monoisotopic (exact) mass is 268 g/mol. The molecule has 0 amide bonds. The zero-order valence-electron chi connectivity index (χ0n) is 9.53. The van der Waals surface area contributed by atoms with E-state index in [2.05, 4.69) is 10.6 Å². The van der Waals surface area contributed by atoms with Gasteiger partial charge in [0.2, 0.25) is 0 Å². The number of halogens is 2. The van der Waals surface area contributed by atoms with Gasteiger partial charge in [-0.25, -0.2) is 0 Å². The van der Waals surface area contributed by atoms with Crippen LogP contribution in [-0.4, -0.2) is 10.6 Å². The van der Waals surface area contributed by atoms with Crippen molar-refractivity contribution in [1.29, 1.82) is 0 Å². The smallest absolute Gasteiger partial charge is 0.0481 e. The second kappa shape index (κ2) is 5.13. The summed E-state index contributed by atoms with van der Waals surface area (Å²) < 4.78 is 2.06. The third-order valence-electron chi connectivity index (χ3n) is 2.49. The van der Waals surface area contributed by atoms with E-state index < -0.39 is 0 Å². The van der Waals surface area contributed by atoms with Crippen LogP contribution < -0.4 is 5.73 Å². The Morgan fingerprint density at radius 1 is 1.24 bits per heavy atom. The SMILES string of the molecule is CC(N)Cc1cccn1-c1cc(Cl)cc(Cl)c1. The van der Waals surface area contributed by atoms with E-state index in [1.807, 2.05) is 31.3 Å². The van der Waals surface area contributed by atoms with Crippen LogP contribution in [0.4, 0.5) is 0 Å². The van der Waals surface area contributed by atoms with E-state index in [9.17, 15) is 0 Å². The molecule has 0 aliphatic carbocycles. The van der Waals surface area contributed by atoms with E-state index in [1.165, 1.54) is 0 Å². The van der Waals surface area contributed by atoms with Crippen LogP contribution in [0.1, 0.15) is 12.6 Å². The van der Waals surface area contributed by atoms with Crippen LogP contribution in [0.5, 0.6) is 0 Å². The van der Waals surface area contributed by atoms with E-state index >= 15 is 0 Å². The molecule has 0 fully saturated rings. The lowest BCUT2D eigenvalue weighted by Crippen LogP contribution is -2.19. The molecule has 1 aromatic heterocycles. The number of rotatable bonds is 3. The molecule has 1 atom stereocenters. The lowest BCUT2D eigenvalue weighted by atomic mass is 10.2. The quantitative estimate of drug-likeness (QED) is 0.905. The normalized spacial score (nSPS) is 12.7. The number of hydrogen-bond acceptors (Lipinski definition) is 1. The van der Waals surface area contributed by atoms with Crippen molar-refractivity contribution in [2.24, 2.45) is 5.73 Å². The van der Waals surface area contributed by atoms with Crippen LogP contribution in [0.15, 0.2) is 36.5 Å². The van der Waals surface area contributed by atoms with Gasteiger partial charge in [0.1, 0.15) is 0 Å². The topological polar surface area (TPSA) is 30.9 Å². The van der Waals surface area contributed by atoms with Crippen LogP contribution in [0.3, 0.4) is 0 Å². The third kappa shape index (κ3) is 3.03. The van der Waals surface area contributed by atoms with Gasteiger partial charge in [0.25, 0.3) is 0 Å². The standard InChI is InChI=1S/C13H14Cl2N2/c1-9(16)5-12-3-2-4-17(12)13-7-10(14)6-11(15)8-13/h2-4,6-9H,5,16H2,1H3. The number of nitrogens with two attached hydrogens (primary N) is 1. The molecule has 2 nitrogen and oxygen atoms in total.